The van der Waals surface area contributed by atoms with Crippen molar-refractivity contribution in [3.05, 3.63) is 47.0 Å². The number of aryl methyl sites for hydroxylation is 1. The van der Waals surface area contributed by atoms with E-state index in [0.29, 0.717) is 6.54 Å². The first-order chi connectivity index (χ1) is 13.5. The zero-order chi connectivity index (χ0) is 20.0. The molecular weight excluding hydrogens is 348 g/mol. The fourth-order valence-electron chi connectivity index (χ4n) is 3.56. The third-order valence-electron chi connectivity index (χ3n) is 5.35. The summed E-state index contributed by atoms with van der Waals surface area (Å²) in [7, 11) is 1.80. The monoisotopic (exact) mass is 382 g/mol. The molecule has 3 rings (SSSR count). The molecule has 1 aliphatic heterocycles. The summed E-state index contributed by atoms with van der Waals surface area (Å²) in [5.41, 5.74) is 2.90. The number of nitrogens with zero attached hydrogens (tertiary/aromatic N) is 4. The third kappa shape index (κ3) is 5.33. The molecule has 2 aromatic rings. The highest BCUT2D eigenvalue weighted by molar-refractivity contribution is 5.79. The van der Waals surface area contributed by atoms with Crippen LogP contribution in [0.2, 0.25) is 0 Å². The van der Waals surface area contributed by atoms with E-state index in [1.165, 1.54) is 30.4 Å². The van der Waals surface area contributed by atoms with Gasteiger partial charge >= 0.3 is 0 Å². The molecule has 1 aliphatic rings. The van der Waals surface area contributed by atoms with Gasteiger partial charge in [0.05, 0.1) is 6.54 Å². The van der Waals surface area contributed by atoms with E-state index in [1.807, 2.05) is 0 Å². The topological polar surface area (TPSA) is 67.1 Å². The Balaban J connectivity index is 1.47. The smallest absolute Gasteiger partial charge is 0.191 e. The Hall–Kier alpha value is -2.37. The van der Waals surface area contributed by atoms with Crippen molar-refractivity contribution in [1.29, 1.82) is 0 Å². The molecule has 1 aromatic heterocycles. The molecule has 0 fully saturated rings. The average Bonchev–Trinajstić information content (AvgIpc) is 2.90. The van der Waals surface area contributed by atoms with Gasteiger partial charge in [-0.15, -0.1) is 10.2 Å². The van der Waals surface area contributed by atoms with Gasteiger partial charge in [-0.05, 0) is 35.8 Å². The van der Waals surface area contributed by atoms with E-state index in [-0.39, 0.29) is 5.41 Å². The van der Waals surface area contributed by atoms with E-state index in [1.54, 1.807) is 7.05 Å². The minimum absolute atomic E-state index is 0.197. The third-order valence-corrected chi connectivity index (χ3v) is 5.35. The van der Waals surface area contributed by atoms with E-state index in [2.05, 4.69) is 75.4 Å². The van der Waals surface area contributed by atoms with Crippen molar-refractivity contribution < 1.29 is 0 Å². The molecule has 0 spiro atoms. The van der Waals surface area contributed by atoms with Gasteiger partial charge < -0.3 is 15.2 Å². The molecule has 6 heteroatoms. The summed E-state index contributed by atoms with van der Waals surface area (Å²) in [5.74, 6) is 2.92. The largest absolute Gasteiger partial charge is 0.356 e. The van der Waals surface area contributed by atoms with Crippen LogP contribution in [0.25, 0.3) is 0 Å². The van der Waals surface area contributed by atoms with Crippen LogP contribution in [0.1, 0.15) is 62.8 Å². The molecule has 6 nitrogen and oxygen atoms in total. The number of fused-ring (bicyclic) bond motifs is 1. The van der Waals surface area contributed by atoms with Gasteiger partial charge in [0.15, 0.2) is 11.8 Å². The van der Waals surface area contributed by atoms with E-state index in [9.17, 15) is 0 Å². The Labute approximate surface area is 168 Å². The highest BCUT2D eigenvalue weighted by atomic mass is 15.3. The number of rotatable bonds is 5. The van der Waals surface area contributed by atoms with E-state index in [4.69, 9.17) is 0 Å². The summed E-state index contributed by atoms with van der Waals surface area (Å²) < 4.78 is 2.27. The molecule has 152 valence electrons. The Morgan fingerprint density at radius 2 is 1.86 bits per heavy atom. The zero-order valence-electron chi connectivity index (χ0n) is 17.8. The van der Waals surface area contributed by atoms with Crippen molar-refractivity contribution in [2.24, 2.45) is 4.99 Å². The minimum atomic E-state index is 0.197. The normalized spacial score (nSPS) is 15.1. The predicted octanol–water partition coefficient (Wildman–Crippen LogP) is 3.21. The van der Waals surface area contributed by atoms with Gasteiger partial charge in [0, 0.05) is 26.6 Å². The molecule has 0 saturated carbocycles. The van der Waals surface area contributed by atoms with Crippen LogP contribution in [0.4, 0.5) is 0 Å². The minimum Gasteiger partial charge on any atom is -0.356 e. The van der Waals surface area contributed by atoms with Gasteiger partial charge in [0.2, 0.25) is 0 Å². The summed E-state index contributed by atoms with van der Waals surface area (Å²) in [4.78, 5) is 4.33. The highest BCUT2D eigenvalue weighted by Gasteiger charge is 2.15. The van der Waals surface area contributed by atoms with Crippen molar-refractivity contribution in [1.82, 2.24) is 25.4 Å². The van der Waals surface area contributed by atoms with E-state index >= 15 is 0 Å². The molecule has 2 heterocycles. The number of hydrogen-bond acceptors (Lipinski definition) is 3. The van der Waals surface area contributed by atoms with E-state index < -0.39 is 0 Å². The molecular formula is C22H34N6. The Morgan fingerprint density at radius 3 is 2.57 bits per heavy atom. The van der Waals surface area contributed by atoms with Crippen LogP contribution in [-0.4, -0.2) is 34.3 Å². The van der Waals surface area contributed by atoms with Gasteiger partial charge in [-0.2, -0.15) is 0 Å². The molecule has 0 radical (unpaired) electrons. The second kappa shape index (κ2) is 9.22. The van der Waals surface area contributed by atoms with Crippen molar-refractivity contribution in [3.8, 4) is 0 Å². The molecule has 0 atom stereocenters. The lowest BCUT2D eigenvalue weighted by molar-refractivity contribution is 0.590. The Morgan fingerprint density at radius 1 is 1.07 bits per heavy atom. The van der Waals surface area contributed by atoms with Gasteiger partial charge in [0.25, 0.3) is 0 Å². The van der Waals surface area contributed by atoms with Crippen LogP contribution in [0, 0.1) is 0 Å². The molecule has 0 unspecified atom stereocenters. The van der Waals surface area contributed by atoms with Gasteiger partial charge in [0.1, 0.15) is 5.82 Å². The van der Waals surface area contributed by atoms with Crippen molar-refractivity contribution >= 4 is 5.96 Å². The second-order valence-corrected chi connectivity index (χ2v) is 8.54. The number of nitrogens with one attached hydrogen (secondary N) is 2. The maximum Gasteiger partial charge on any atom is 0.191 e. The molecule has 2 N–H and O–H groups in total. The predicted molar refractivity (Wildman–Crippen MR) is 115 cm³/mol. The molecule has 1 aromatic carbocycles. The summed E-state index contributed by atoms with van der Waals surface area (Å²) in [5, 5.41) is 15.5. The Kier molecular flexibility index (Phi) is 6.70. The van der Waals surface area contributed by atoms with Crippen LogP contribution in [0.15, 0.2) is 29.3 Å². The van der Waals surface area contributed by atoms with Crippen LogP contribution in [0.5, 0.6) is 0 Å². The lowest BCUT2D eigenvalue weighted by Gasteiger charge is -2.19. The van der Waals surface area contributed by atoms with E-state index in [0.717, 1.165) is 43.5 Å². The van der Waals surface area contributed by atoms with Crippen molar-refractivity contribution in [3.63, 3.8) is 0 Å². The van der Waals surface area contributed by atoms with Crippen LogP contribution in [-0.2, 0) is 31.3 Å². The first-order valence-corrected chi connectivity index (χ1v) is 10.4. The highest BCUT2D eigenvalue weighted by Crippen LogP contribution is 2.22. The maximum absolute atomic E-state index is 4.37. The second-order valence-electron chi connectivity index (χ2n) is 8.54. The summed E-state index contributed by atoms with van der Waals surface area (Å²) >= 11 is 0. The van der Waals surface area contributed by atoms with Crippen LogP contribution >= 0.6 is 0 Å². The lowest BCUT2D eigenvalue weighted by Crippen LogP contribution is -2.38. The van der Waals surface area contributed by atoms with Crippen molar-refractivity contribution in [2.75, 3.05) is 13.6 Å². The van der Waals surface area contributed by atoms with Gasteiger partial charge in [-0.1, -0.05) is 51.5 Å². The average molecular weight is 383 g/mol. The number of benzene rings is 1. The number of aliphatic imine (C=N–C) groups is 1. The van der Waals surface area contributed by atoms with Crippen LogP contribution < -0.4 is 10.6 Å². The first kappa shape index (κ1) is 20.4. The molecule has 0 saturated heterocycles. The fourth-order valence-corrected chi connectivity index (χ4v) is 3.56. The lowest BCUT2D eigenvalue weighted by atomic mass is 9.86. The molecule has 28 heavy (non-hydrogen) atoms. The standard InChI is InChI=1S/C22H34N6/c1-22(2,3)18-11-9-17(10-12-18)13-14-24-21(23-4)25-16-20-27-26-19-8-6-5-7-15-28(19)20/h9-12H,5-8,13-16H2,1-4H3,(H2,23,24,25). The summed E-state index contributed by atoms with van der Waals surface area (Å²) in [6.07, 6.45) is 5.69. The summed E-state index contributed by atoms with van der Waals surface area (Å²) in [6, 6.07) is 8.92. The molecule has 0 aliphatic carbocycles. The number of aromatic nitrogens is 3. The maximum atomic E-state index is 4.37. The first-order valence-electron chi connectivity index (χ1n) is 10.4. The van der Waals surface area contributed by atoms with Crippen molar-refractivity contribution in [2.45, 2.75) is 71.4 Å². The molecule has 0 amide bonds. The molecule has 0 bridgehead atoms. The van der Waals surface area contributed by atoms with Gasteiger partial charge in [-0.3, -0.25) is 4.99 Å². The fraction of sp³-hybridized carbons (Fsp3) is 0.591. The number of hydrogen-bond donors (Lipinski definition) is 2. The quantitative estimate of drug-likeness (QED) is 0.615. The number of guanidine groups is 1. The SMILES string of the molecule is CN=C(NCCc1ccc(C(C)(C)C)cc1)NCc1nnc2n1CCCCC2. The van der Waals surface area contributed by atoms with Gasteiger partial charge in [-0.25, -0.2) is 0 Å². The summed E-state index contributed by atoms with van der Waals surface area (Å²) in [6.45, 7) is 9.24. The van der Waals surface area contributed by atoms with Crippen LogP contribution in [0.3, 0.4) is 0 Å². The zero-order valence-corrected chi connectivity index (χ0v) is 17.8. The Bertz CT molecular complexity index is 782.